The van der Waals surface area contributed by atoms with E-state index in [4.69, 9.17) is 5.73 Å². The summed E-state index contributed by atoms with van der Waals surface area (Å²) in [6.07, 6.45) is 0. The van der Waals surface area contributed by atoms with Gasteiger partial charge in [-0.05, 0) is 25.4 Å². The lowest BCUT2D eigenvalue weighted by Gasteiger charge is -2.37. The van der Waals surface area contributed by atoms with Gasteiger partial charge in [-0.2, -0.15) is 4.37 Å². The van der Waals surface area contributed by atoms with E-state index >= 15 is 0 Å². The van der Waals surface area contributed by atoms with Crippen molar-refractivity contribution in [2.24, 2.45) is 0 Å². The Labute approximate surface area is 130 Å². The Kier molecular flexibility index (Phi) is 4.76. The summed E-state index contributed by atoms with van der Waals surface area (Å²) in [5, 5.41) is 0.657. The lowest BCUT2D eigenvalue weighted by atomic mass is 10.2. The monoisotopic (exact) mass is 333 g/mol. The SMILES string of the molecule is CC(C)N1CCN(c2snc(N)c2S(=O)(=O)N(C)C)CC1. The normalized spacial score (nSPS) is 17.9. The van der Waals surface area contributed by atoms with Gasteiger partial charge in [-0.15, -0.1) is 0 Å². The molecular weight excluding hydrogens is 310 g/mol. The topological polar surface area (TPSA) is 82.8 Å². The lowest BCUT2D eigenvalue weighted by Crippen LogP contribution is -2.49. The van der Waals surface area contributed by atoms with Gasteiger partial charge in [-0.25, -0.2) is 12.7 Å². The largest absolute Gasteiger partial charge is 0.382 e. The summed E-state index contributed by atoms with van der Waals surface area (Å²) < 4.78 is 30.1. The first-order chi connectivity index (χ1) is 9.75. The minimum atomic E-state index is -3.57. The van der Waals surface area contributed by atoms with E-state index in [0.717, 1.165) is 37.7 Å². The van der Waals surface area contributed by atoms with E-state index in [9.17, 15) is 8.42 Å². The van der Waals surface area contributed by atoms with E-state index in [1.807, 2.05) is 0 Å². The van der Waals surface area contributed by atoms with Gasteiger partial charge in [0.15, 0.2) is 10.7 Å². The van der Waals surface area contributed by atoms with Crippen molar-refractivity contribution in [1.82, 2.24) is 13.6 Å². The smallest absolute Gasteiger partial charge is 0.249 e. The zero-order valence-corrected chi connectivity index (χ0v) is 14.5. The summed E-state index contributed by atoms with van der Waals surface area (Å²) in [5.74, 6) is 0.0926. The first-order valence-electron chi connectivity index (χ1n) is 6.91. The number of hydrogen-bond donors (Lipinski definition) is 1. The molecule has 1 aliphatic heterocycles. The number of aromatic nitrogens is 1. The number of rotatable bonds is 4. The molecular formula is C12H23N5O2S2. The van der Waals surface area contributed by atoms with Crippen LogP contribution in [0.2, 0.25) is 0 Å². The maximum Gasteiger partial charge on any atom is 0.249 e. The predicted octanol–water partition coefficient (Wildman–Crippen LogP) is 0.506. The third-order valence-electron chi connectivity index (χ3n) is 3.73. The zero-order chi connectivity index (χ0) is 15.8. The number of sulfonamides is 1. The van der Waals surface area contributed by atoms with E-state index in [0.29, 0.717) is 11.0 Å². The van der Waals surface area contributed by atoms with Crippen molar-refractivity contribution in [3.8, 4) is 0 Å². The highest BCUT2D eigenvalue weighted by molar-refractivity contribution is 7.89. The quantitative estimate of drug-likeness (QED) is 0.864. The number of piperazine rings is 1. The van der Waals surface area contributed by atoms with Crippen LogP contribution >= 0.6 is 11.5 Å². The van der Waals surface area contributed by atoms with Crippen LogP contribution in [-0.4, -0.2) is 68.3 Å². The van der Waals surface area contributed by atoms with Gasteiger partial charge in [0.25, 0.3) is 0 Å². The molecule has 0 radical (unpaired) electrons. The van der Waals surface area contributed by atoms with Crippen LogP contribution in [0.5, 0.6) is 0 Å². The van der Waals surface area contributed by atoms with E-state index in [2.05, 4.69) is 28.0 Å². The highest BCUT2D eigenvalue weighted by atomic mass is 32.2. The maximum absolute atomic E-state index is 12.4. The second kappa shape index (κ2) is 6.07. The van der Waals surface area contributed by atoms with Gasteiger partial charge in [0.05, 0.1) is 0 Å². The highest BCUT2D eigenvalue weighted by Crippen LogP contribution is 2.36. The molecule has 1 aromatic heterocycles. The third-order valence-corrected chi connectivity index (χ3v) is 6.66. The molecule has 0 unspecified atom stereocenters. The molecule has 0 saturated carbocycles. The van der Waals surface area contributed by atoms with Crippen LogP contribution in [0.25, 0.3) is 0 Å². The average molecular weight is 333 g/mol. The Morgan fingerprint density at radius 1 is 1.24 bits per heavy atom. The number of hydrogen-bond acceptors (Lipinski definition) is 7. The van der Waals surface area contributed by atoms with Crippen molar-refractivity contribution in [1.29, 1.82) is 0 Å². The minimum Gasteiger partial charge on any atom is -0.382 e. The number of nitrogens with zero attached hydrogens (tertiary/aromatic N) is 4. The summed E-state index contributed by atoms with van der Waals surface area (Å²) in [6, 6.07) is 0.503. The molecule has 120 valence electrons. The molecule has 2 N–H and O–H groups in total. The Bertz CT molecular complexity index is 589. The van der Waals surface area contributed by atoms with Gasteiger partial charge in [0.2, 0.25) is 10.0 Å². The van der Waals surface area contributed by atoms with Gasteiger partial charge < -0.3 is 10.6 Å². The van der Waals surface area contributed by atoms with Crippen LogP contribution in [0.15, 0.2) is 4.90 Å². The van der Waals surface area contributed by atoms with E-state index in [1.165, 1.54) is 18.4 Å². The molecule has 1 saturated heterocycles. The molecule has 21 heavy (non-hydrogen) atoms. The molecule has 2 rings (SSSR count). The lowest BCUT2D eigenvalue weighted by molar-refractivity contribution is 0.209. The molecule has 0 aliphatic carbocycles. The predicted molar refractivity (Wildman–Crippen MR) is 86.3 cm³/mol. The van der Waals surface area contributed by atoms with Crippen LogP contribution in [-0.2, 0) is 10.0 Å². The molecule has 9 heteroatoms. The molecule has 0 aromatic carbocycles. The average Bonchev–Trinajstić information content (AvgIpc) is 2.81. The van der Waals surface area contributed by atoms with Gasteiger partial charge in [0.1, 0.15) is 5.00 Å². The molecule has 0 amide bonds. The van der Waals surface area contributed by atoms with Crippen molar-refractivity contribution in [2.75, 3.05) is 50.9 Å². The van der Waals surface area contributed by atoms with E-state index in [1.54, 1.807) is 0 Å². The van der Waals surface area contributed by atoms with Crippen molar-refractivity contribution in [2.45, 2.75) is 24.8 Å². The molecule has 7 nitrogen and oxygen atoms in total. The Balaban J connectivity index is 2.27. The summed E-state index contributed by atoms with van der Waals surface area (Å²) in [5.41, 5.74) is 5.80. The van der Waals surface area contributed by atoms with Gasteiger partial charge in [0, 0.05) is 46.3 Å². The number of nitrogen functional groups attached to an aromatic ring is 1. The van der Waals surface area contributed by atoms with Crippen LogP contribution in [0, 0.1) is 0 Å². The number of nitrogens with two attached hydrogens (primary N) is 1. The second-order valence-corrected chi connectivity index (χ2v) is 8.45. The molecule has 0 bridgehead atoms. The fourth-order valence-electron chi connectivity index (χ4n) is 2.35. The third kappa shape index (κ3) is 3.15. The van der Waals surface area contributed by atoms with Crippen LogP contribution in [0.3, 0.4) is 0 Å². The first-order valence-corrected chi connectivity index (χ1v) is 9.13. The molecule has 2 heterocycles. The van der Waals surface area contributed by atoms with Crippen LogP contribution < -0.4 is 10.6 Å². The fourth-order valence-corrected chi connectivity index (χ4v) is 4.62. The summed E-state index contributed by atoms with van der Waals surface area (Å²) in [7, 11) is -0.559. The van der Waals surface area contributed by atoms with E-state index < -0.39 is 10.0 Å². The molecule has 1 aliphatic rings. The Morgan fingerprint density at radius 3 is 2.29 bits per heavy atom. The molecule has 1 aromatic rings. The maximum atomic E-state index is 12.4. The fraction of sp³-hybridized carbons (Fsp3) is 0.750. The number of anilines is 2. The first kappa shape index (κ1) is 16.5. The minimum absolute atomic E-state index is 0.0926. The van der Waals surface area contributed by atoms with Gasteiger partial charge in [-0.1, -0.05) is 0 Å². The zero-order valence-electron chi connectivity index (χ0n) is 12.9. The van der Waals surface area contributed by atoms with E-state index in [-0.39, 0.29) is 10.7 Å². The molecule has 1 fully saturated rings. The van der Waals surface area contributed by atoms with Crippen molar-refractivity contribution in [3.63, 3.8) is 0 Å². The molecule has 0 atom stereocenters. The van der Waals surface area contributed by atoms with Crippen LogP contribution in [0.1, 0.15) is 13.8 Å². The van der Waals surface area contributed by atoms with Crippen molar-refractivity contribution < 1.29 is 8.42 Å². The van der Waals surface area contributed by atoms with Gasteiger partial charge >= 0.3 is 0 Å². The van der Waals surface area contributed by atoms with Crippen molar-refractivity contribution in [3.05, 3.63) is 0 Å². The highest BCUT2D eigenvalue weighted by Gasteiger charge is 2.31. The summed E-state index contributed by atoms with van der Waals surface area (Å²) in [4.78, 5) is 4.60. The molecule has 0 spiro atoms. The second-order valence-electron chi connectivity index (χ2n) is 5.61. The Morgan fingerprint density at radius 2 is 1.81 bits per heavy atom. The summed E-state index contributed by atoms with van der Waals surface area (Å²) >= 11 is 1.16. The van der Waals surface area contributed by atoms with Gasteiger partial charge in [-0.3, -0.25) is 4.90 Å². The standard InChI is InChI=1S/C12H23N5O2S2/c1-9(2)16-5-7-17(8-6-16)12-10(11(13)14-20-12)21(18,19)15(3)4/h9H,5-8H2,1-4H3,(H2,13,14). The Hall–Kier alpha value is -0.900. The van der Waals surface area contributed by atoms with Crippen LogP contribution in [0.4, 0.5) is 10.8 Å². The summed E-state index contributed by atoms with van der Waals surface area (Å²) in [6.45, 7) is 7.74. The van der Waals surface area contributed by atoms with Crippen molar-refractivity contribution >= 4 is 32.4 Å².